The van der Waals surface area contributed by atoms with E-state index in [0.717, 1.165) is 5.69 Å². The summed E-state index contributed by atoms with van der Waals surface area (Å²) in [6, 6.07) is 19.6. The van der Waals surface area contributed by atoms with Crippen molar-refractivity contribution in [3.05, 3.63) is 96.4 Å². The van der Waals surface area contributed by atoms with Gasteiger partial charge in [-0.1, -0.05) is 6.07 Å². The molecule has 0 saturated carbocycles. The summed E-state index contributed by atoms with van der Waals surface area (Å²) in [5.41, 5.74) is 1.56. The number of aromatic nitrogens is 3. The summed E-state index contributed by atoms with van der Waals surface area (Å²) < 4.78 is 34.9. The van der Waals surface area contributed by atoms with Crippen LogP contribution < -0.4 is 14.8 Å². The molecule has 2 aromatic carbocycles. The zero-order valence-electron chi connectivity index (χ0n) is 18.4. The van der Waals surface area contributed by atoms with Crippen molar-refractivity contribution in [1.82, 2.24) is 14.8 Å². The summed E-state index contributed by atoms with van der Waals surface area (Å²) >= 11 is 0. The van der Waals surface area contributed by atoms with Crippen molar-refractivity contribution in [3.8, 4) is 5.75 Å². The van der Waals surface area contributed by atoms with E-state index < -0.39 is 15.9 Å². The van der Waals surface area contributed by atoms with Crippen molar-refractivity contribution < 1.29 is 17.9 Å². The molecule has 0 bridgehead atoms. The lowest BCUT2D eigenvalue weighted by Gasteiger charge is -2.10. The Morgan fingerprint density at radius 3 is 2.44 bits per heavy atom. The minimum atomic E-state index is -3.81. The Morgan fingerprint density at radius 1 is 1.00 bits per heavy atom. The van der Waals surface area contributed by atoms with E-state index in [2.05, 4.69) is 20.1 Å². The van der Waals surface area contributed by atoms with Gasteiger partial charge < -0.3 is 10.1 Å². The Bertz CT molecular complexity index is 1350. The number of sulfonamides is 1. The van der Waals surface area contributed by atoms with Crippen LogP contribution in [0.2, 0.25) is 0 Å². The van der Waals surface area contributed by atoms with Crippen LogP contribution in [0.1, 0.15) is 23.0 Å². The predicted molar refractivity (Wildman–Crippen MR) is 128 cm³/mol. The number of ether oxygens (including phenoxy) is 1. The standard InChI is InChI=1S/C24H23N5O4S/c1-2-33-21-10-8-19(9-11-21)28-34(31,32)22-12-6-18(7-13-22)24(30)26-23-14-16-29(27-23)17-20-5-3-4-15-25-20/h3-16,28H,2,17H2,1H3,(H,26,27,30). The minimum Gasteiger partial charge on any atom is -0.494 e. The SMILES string of the molecule is CCOc1ccc(NS(=O)(=O)c2ccc(C(=O)Nc3ccn(Cc4ccccn4)n3)cc2)cc1. The van der Waals surface area contributed by atoms with Gasteiger partial charge in [-0.2, -0.15) is 5.10 Å². The quantitative estimate of drug-likeness (QED) is 0.379. The number of hydrogen-bond donors (Lipinski definition) is 2. The Labute approximate surface area is 197 Å². The van der Waals surface area contributed by atoms with Crippen LogP contribution in [-0.4, -0.2) is 35.7 Å². The summed E-state index contributed by atoms with van der Waals surface area (Å²) in [5, 5.41) is 7.03. The lowest BCUT2D eigenvalue weighted by molar-refractivity contribution is 0.102. The third-order valence-electron chi connectivity index (χ3n) is 4.78. The molecular weight excluding hydrogens is 454 g/mol. The molecule has 2 heterocycles. The smallest absolute Gasteiger partial charge is 0.261 e. The first kappa shape index (κ1) is 23.0. The van der Waals surface area contributed by atoms with Crippen LogP contribution in [0.15, 0.2) is 90.1 Å². The highest BCUT2D eigenvalue weighted by molar-refractivity contribution is 7.92. The van der Waals surface area contributed by atoms with Gasteiger partial charge in [0, 0.05) is 29.7 Å². The molecule has 2 N–H and O–H groups in total. The zero-order valence-corrected chi connectivity index (χ0v) is 19.2. The molecule has 9 nitrogen and oxygen atoms in total. The predicted octanol–water partition coefficient (Wildman–Crippen LogP) is 3.78. The average molecular weight is 478 g/mol. The Morgan fingerprint density at radius 2 is 1.76 bits per heavy atom. The van der Waals surface area contributed by atoms with E-state index in [1.54, 1.807) is 47.4 Å². The fourth-order valence-corrected chi connectivity index (χ4v) is 4.21. The van der Waals surface area contributed by atoms with E-state index in [1.165, 1.54) is 24.3 Å². The van der Waals surface area contributed by atoms with E-state index in [-0.39, 0.29) is 4.90 Å². The third kappa shape index (κ3) is 5.78. The van der Waals surface area contributed by atoms with Gasteiger partial charge in [0.1, 0.15) is 5.75 Å². The molecule has 0 unspecified atom stereocenters. The molecule has 0 fully saturated rings. The fourth-order valence-electron chi connectivity index (χ4n) is 3.15. The van der Waals surface area contributed by atoms with Gasteiger partial charge in [0.05, 0.1) is 23.7 Å². The first-order valence-corrected chi connectivity index (χ1v) is 12.0. The largest absolute Gasteiger partial charge is 0.494 e. The molecule has 0 aliphatic heterocycles. The van der Waals surface area contributed by atoms with Crippen LogP contribution in [0, 0.1) is 0 Å². The van der Waals surface area contributed by atoms with Crippen LogP contribution in [0.4, 0.5) is 11.5 Å². The summed E-state index contributed by atoms with van der Waals surface area (Å²) in [4.78, 5) is 16.9. The summed E-state index contributed by atoms with van der Waals surface area (Å²) in [7, 11) is -3.81. The number of pyridine rings is 1. The normalized spacial score (nSPS) is 11.1. The molecule has 2 aromatic heterocycles. The lowest BCUT2D eigenvalue weighted by Crippen LogP contribution is -2.15. The highest BCUT2D eigenvalue weighted by Gasteiger charge is 2.16. The van der Waals surface area contributed by atoms with E-state index in [4.69, 9.17) is 4.74 Å². The molecule has 0 aliphatic carbocycles. The van der Waals surface area contributed by atoms with Crippen molar-refractivity contribution in [1.29, 1.82) is 0 Å². The van der Waals surface area contributed by atoms with Gasteiger partial charge in [-0.3, -0.25) is 19.2 Å². The first-order chi connectivity index (χ1) is 16.4. The Balaban J connectivity index is 1.38. The van der Waals surface area contributed by atoms with E-state index in [1.807, 2.05) is 25.1 Å². The second kappa shape index (κ2) is 10.2. The maximum Gasteiger partial charge on any atom is 0.261 e. The molecule has 0 saturated heterocycles. The first-order valence-electron chi connectivity index (χ1n) is 10.5. The molecule has 4 rings (SSSR count). The molecule has 0 radical (unpaired) electrons. The lowest BCUT2D eigenvalue weighted by atomic mass is 10.2. The van der Waals surface area contributed by atoms with Gasteiger partial charge in [-0.25, -0.2) is 8.42 Å². The number of carbonyl (C=O) groups excluding carboxylic acids is 1. The Hall–Kier alpha value is -4.18. The Kier molecular flexibility index (Phi) is 6.88. The van der Waals surface area contributed by atoms with Crippen molar-refractivity contribution in [2.45, 2.75) is 18.4 Å². The highest BCUT2D eigenvalue weighted by Crippen LogP contribution is 2.20. The fraction of sp³-hybridized carbons (Fsp3) is 0.125. The van der Waals surface area contributed by atoms with Gasteiger partial charge in [-0.05, 0) is 67.6 Å². The van der Waals surface area contributed by atoms with Crippen molar-refractivity contribution >= 4 is 27.4 Å². The number of nitrogens with one attached hydrogen (secondary N) is 2. The number of rotatable bonds is 9. The summed E-state index contributed by atoms with van der Waals surface area (Å²) in [5.74, 6) is 0.642. The summed E-state index contributed by atoms with van der Waals surface area (Å²) in [6.07, 6.45) is 3.45. The monoisotopic (exact) mass is 477 g/mol. The zero-order chi connectivity index (χ0) is 24.0. The molecule has 0 aliphatic rings. The molecule has 0 atom stereocenters. The van der Waals surface area contributed by atoms with Crippen LogP contribution in [-0.2, 0) is 16.6 Å². The molecule has 0 spiro atoms. The molecule has 4 aromatic rings. The van der Waals surface area contributed by atoms with E-state index >= 15 is 0 Å². The molecule has 34 heavy (non-hydrogen) atoms. The minimum absolute atomic E-state index is 0.0394. The number of amides is 1. The van der Waals surface area contributed by atoms with Gasteiger partial charge in [0.25, 0.3) is 15.9 Å². The molecular formula is C24H23N5O4S. The highest BCUT2D eigenvalue weighted by atomic mass is 32.2. The topological polar surface area (TPSA) is 115 Å². The second-order valence-corrected chi connectivity index (χ2v) is 8.94. The van der Waals surface area contributed by atoms with Gasteiger partial charge >= 0.3 is 0 Å². The maximum atomic E-state index is 12.7. The average Bonchev–Trinajstić information content (AvgIpc) is 3.27. The summed E-state index contributed by atoms with van der Waals surface area (Å²) in [6.45, 7) is 2.87. The number of hydrogen-bond acceptors (Lipinski definition) is 6. The number of carbonyl (C=O) groups is 1. The van der Waals surface area contributed by atoms with Crippen molar-refractivity contribution in [2.75, 3.05) is 16.6 Å². The van der Waals surface area contributed by atoms with Crippen LogP contribution >= 0.6 is 0 Å². The third-order valence-corrected chi connectivity index (χ3v) is 6.17. The second-order valence-electron chi connectivity index (χ2n) is 7.26. The van der Waals surface area contributed by atoms with E-state index in [9.17, 15) is 13.2 Å². The van der Waals surface area contributed by atoms with Gasteiger partial charge in [0.15, 0.2) is 5.82 Å². The van der Waals surface area contributed by atoms with Crippen molar-refractivity contribution in [2.24, 2.45) is 0 Å². The van der Waals surface area contributed by atoms with Crippen LogP contribution in [0.25, 0.3) is 0 Å². The number of nitrogens with zero attached hydrogens (tertiary/aromatic N) is 3. The van der Waals surface area contributed by atoms with Gasteiger partial charge in [0.2, 0.25) is 0 Å². The molecule has 174 valence electrons. The van der Waals surface area contributed by atoms with Crippen LogP contribution in [0.5, 0.6) is 5.75 Å². The molecule has 1 amide bonds. The van der Waals surface area contributed by atoms with E-state index in [0.29, 0.717) is 36.0 Å². The van der Waals surface area contributed by atoms with Gasteiger partial charge in [-0.15, -0.1) is 0 Å². The number of benzene rings is 2. The van der Waals surface area contributed by atoms with Crippen molar-refractivity contribution in [3.63, 3.8) is 0 Å². The number of anilines is 2. The molecule has 10 heteroatoms. The van der Waals surface area contributed by atoms with Crippen LogP contribution in [0.3, 0.4) is 0 Å². The maximum absolute atomic E-state index is 12.7.